The van der Waals surface area contributed by atoms with Crippen LogP contribution in [0.4, 0.5) is 0 Å². The van der Waals surface area contributed by atoms with Gasteiger partial charge in [0.1, 0.15) is 15.6 Å². The third kappa shape index (κ3) is 4.85. The standard InChI is InChI=1S/C11H14BrClO3S/c1-3-16-11-5-4-8(6-9(11)12)10(13)7-17(2,14)15/h4-6,10H,3,7H2,1-2H3. The highest BCUT2D eigenvalue weighted by molar-refractivity contribution is 9.10. The fraction of sp³-hybridized carbons (Fsp3) is 0.455. The lowest BCUT2D eigenvalue weighted by atomic mass is 10.1. The lowest BCUT2D eigenvalue weighted by molar-refractivity contribution is 0.338. The van der Waals surface area contributed by atoms with E-state index in [1.807, 2.05) is 6.92 Å². The van der Waals surface area contributed by atoms with E-state index >= 15 is 0 Å². The molecular weight excluding hydrogens is 328 g/mol. The zero-order chi connectivity index (χ0) is 13.1. The summed E-state index contributed by atoms with van der Waals surface area (Å²) in [6.07, 6.45) is 1.17. The fourth-order valence-electron chi connectivity index (χ4n) is 1.35. The Labute approximate surface area is 115 Å². The van der Waals surface area contributed by atoms with Gasteiger partial charge in [-0.15, -0.1) is 11.6 Å². The van der Waals surface area contributed by atoms with Crippen LogP contribution in [0.1, 0.15) is 17.9 Å². The molecule has 0 aliphatic carbocycles. The van der Waals surface area contributed by atoms with E-state index in [0.717, 1.165) is 15.8 Å². The van der Waals surface area contributed by atoms with E-state index in [0.29, 0.717) is 6.61 Å². The van der Waals surface area contributed by atoms with Crippen molar-refractivity contribution in [3.8, 4) is 5.75 Å². The molecule has 1 unspecified atom stereocenters. The van der Waals surface area contributed by atoms with Crippen LogP contribution in [0.25, 0.3) is 0 Å². The third-order valence-corrected chi connectivity index (χ3v) is 4.21. The van der Waals surface area contributed by atoms with E-state index in [4.69, 9.17) is 16.3 Å². The average Bonchev–Trinajstić information content (AvgIpc) is 2.18. The van der Waals surface area contributed by atoms with E-state index in [1.54, 1.807) is 18.2 Å². The normalized spacial score (nSPS) is 13.4. The molecule has 0 N–H and O–H groups in total. The molecule has 0 amide bonds. The smallest absolute Gasteiger partial charge is 0.149 e. The van der Waals surface area contributed by atoms with Crippen molar-refractivity contribution in [3.63, 3.8) is 0 Å². The Morgan fingerprint density at radius 1 is 1.47 bits per heavy atom. The summed E-state index contributed by atoms with van der Waals surface area (Å²) in [5, 5.41) is -0.544. The summed E-state index contributed by atoms with van der Waals surface area (Å²) < 4.78 is 28.4. The molecule has 17 heavy (non-hydrogen) atoms. The lowest BCUT2D eigenvalue weighted by Crippen LogP contribution is -2.09. The molecule has 1 rings (SSSR count). The zero-order valence-corrected chi connectivity index (χ0v) is 12.8. The van der Waals surface area contributed by atoms with Crippen molar-refractivity contribution in [1.29, 1.82) is 0 Å². The molecule has 3 nitrogen and oxygen atoms in total. The van der Waals surface area contributed by atoms with Crippen LogP contribution in [0.15, 0.2) is 22.7 Å². The molecule has 1 atom stereocenters. The Bertz CT molecular complexity index is 487. The van der Waals surface area contributed by atoms with Gasteiger partial charge in [-0.1, -0.05) is 6.07 Å². The van der Waals surface area contributed by atoms with Gasteiger partial charge in [0, 0.05) is 6.26 Å². The second-order valence-electron chi connectivity index (χ2n) is 3.68. The summed E-state index contributed by atoms with van der Waals surface area (Å²) >= 11 is 9.41. The predicted molar refractivity (Wildman–Crippen MR) is 73.6 cm³/mol. The maximum atomic E-state index is 11.1. The van der Waals surface area contributed by atoms with Crippen molar-refractivity contribution in [1.82, 2.24) is 0 Å². The van der Waals surface area contributed by atoms with Crippen LogP contribution in [0.5, 0.6) is 5.75 Å². The molecule has 96 valence electrons. The van der Waals surface area contributed by atoms with E-state index in [-0.39, 0.29) is 5.75 Å². The van der Waals surface area contributed by atoms with Crippen molar-refractivity contribution in [3.05, 3.63) is 28.2 Å². The van der Waals surface area contributed by atoms with Gasteiger partial charge in [0.2, 0.25) is 0 Å². The van der Waals surface area contributed by atoms with Crippen LogP contribution in [0.2, 0.25) is 0 Å². The van der Waals surface area contributed by atoms with Crippen molar-refractivity contribution in [2.75, 3.05) is 18.6 Å². The largest absolute Gasteiger partial charge is 0.493 e. The van der Waals surface area contributed by atoms with Gasteiger partial charge in [-0.05, 0) is 40.5 Å². The number of ether oxygens (including phenoxy) is 1. The molecular formula is C11H14BrClO3S. The number of rotatable bonds is 5. The summed E-state index contributed by atoms with van der Waals surface area (Å²) in [7, 11) is -3.08. The van der Waals surface area contributed by atoms with Crippen LogP contribution in [0, 0.1) is 0 Å². The van der Waals surface area contributed by atoms with E-state index in [9.17, 15) is 8.42 Å². The molecule has 6 heteroatoms. The predicted octanol–water partition coefficient (Wildman–Crippen LogP) is 3.17. The maximum Gasteiger partial charge on any atom is 0.149 e. The van der Waals surface area contributed by atoms with Gasteiger partial charge in [-0.2, -0.15) is 0 Å². The maximum absolute atomic E-state index is 11.1. The molecule has 0 fully saturated rings. The van der Waals surface area contributed by atoms with Crippen molar-refractivity contribution >= 4 is 37.4 Å². The highest BCUT2D eigenvalue weighted by atomic mass is 79.9. The van der Waals surface area contributed by atoms with E-state index in [2.05, 4.69) is 15.9 Å². The minimum absolute atomic E-state index is 0.0744. The molecule has 0 bridgehead atoms. The molecule has 0 aromatic heterocycles. The number of alkyl halides is 1. The van der Waals surface area contributed by atoms with Crippen LogP contribution in [0.3, 0.4) is 0 Å². The molecule has 0 spiro atoms. The summed E-state index contributed by atoms with van der Waals surface area (Å²) in [4.78, 5) is 0. The Morgan fingerprint density at radius 3 is 2.59 bits per heavy atom. The number of halogens is 2. The second-order valence-corrected chi connectivity index (χ2v) is 7.25. The van der Waals surface area contributed by atoms with Crippen LogP contribution < -0.4 is 4.74 Å². The molecule has 0 saturated carbocycles. The highest BCUT2D eigenvalue weighted by Crippen LogP contribution is 2.31. The first-order valence-electron chi connectivity index (χ1n) is 5.07. The number of sulfone groups is 1. The van der Waals surface area contributed by atoms with Gasteiger partial charge < -0.3 is 4.74 Å². The van der Waals surface area contributed by atoms with E-state index in [1.165, 1.54) is 6.26 Å². The molecule has 0 radical (unpaired) electrons. The molecule has 1 aromatic rings. The zero-order valence-electron chi connectivity index (χ0n) is 9.61. The average molecular weight is 342 g/mol. The van der Waals surface area contributed by atoms with E-state index < -0.39 is 15.2 Å². The van der Waals surface area contributed by atoms with Crippen molar-refractivity contribution in [2.24, 2.45) is 0 Å². The first kappa shape index (κ1) is 14.8. The summed E-state index contributed by atoms with van der Waals surface area (Å²) in [5.41, 5.74) is 0.757. The fourth-order valence-corrected chi connectivity index (χ4v) is 3.40. The molecule has 0 heterocycles. The minimum Gasteiger partial charge on any atom is -0.493 e. The quantitative estimate of drug-likeness (QED) is 0.773. The van der Waals surface area contributed by atoms with Crippen molar-refractivity contribution in [2.45, 2.75) is 12.3 Å². The monoisotopic (exact) mass is 340 g/mol. The SMILES string of the molecule is CCOc1ccc(C(Cl)CS(C)(=O)=O)cc1Br. The van der Waals surface area contributed by atoms with Gasteiger partial charge in [0.25, 0.3) is 0 Å². The van der Waals surface area contributed by atoms with Gasteiger partial charge in [-0.3, -0.25) is 0 Å². The Morgan fingerprint density at radius 2 is 2.12 bits per heavy atom. The lowest BCUT2D eigenvalue weighted by Gasteiger charge is -2.11. The molecule has 0 aliphatic rings. The van der Waals surface area contributed by atoms with Gasteiger partial charge in [-0.25, -0.2) is 8.42 Å². The molecule has 0 aliphatic heterocycles. The second kappa shape index (κ2) is 6.07. The Balaban J connectivity index is 2.89. The van der Waals surface area contributed by atoms with Gasteiger partial charge in [0.15, 0.2) is 0 Å². The molecule has 0 saturated heterocycles. The Hall–Kier alpha value is -0.260. The Kier molecular flexibility index (Phi) is 5.28. The van der Waals surface area contributed by atoms with Gasteiger partial charge in [0.05, 0.1) is 22.2 Å². The van der Waals surface area contributed by atoms with Gasteiger partial charge >= 0.3 is 0 Å². The third-order valence-electron chi connectivity index (χ3n) is 2.07. The topological polar surface area (TPSA) is 43.4 Å². The van der Waals surface area contributed by atoms with Crippen LogP contribution in [-0.2, 0) is 9.84 Å². The summed E-state index contributed by atoms with van der Waals surface area (Å²) in [6.45, 7) is 2.47. The van der Waals surface area contributed by atoms with Crippen LogP contribution in [-0.4, -0.2) is 27.0 Å². The first-order valence-corrected chi connectivity index (χ1v) is 8.36. The summed E-state index contributed by atoms with van der Waals surface area (Å²) in [6, 6.07) is 5.34. The first-order chi connectivity index (χ1) is 7.83. The number of hydrogen-bond donors (Lipinski definition) is 0. The summed E-state index contributed by atoms with van der Waals surface area (Å²) in [5.74, 6) is 0.647. The molecule has 1 aromatic carbocycles. The number of hydrogen-bond acceptors (Lipinski definition) is 3. The van der Waals surface area contributed by atoms with Crippen LogP contribution >= 0.6 is 27.5 Å². The highest BCUT2D eigenvalue weighted by Gasteiger charge is 2.16. The van der Waals surface area contributed by atoms with Crippen molar-refractivity contribution < 1.29 is 13.2 Å². The minimum atomic E-state index is -3.08. The number of benzene rings is 1.